The van der Waals surface area contributed by atoms with Gasteiger partial charge < -0.3 is 10.1 Å². The van der Waals surface area contributed by atoms with Crippen molar-refractivity contribution in [3.8, 4) is 0 Å². The number of benzene rings is 2. The molecule has 0 aliphatic carbocycles. The van der Waals surface area contributed by atoms with E-state index in [1.165, 1.54) is 11.1 Å². The van der Waals surface area contributed by atoms with E-state index < -0.39 is 0 Å². The second kappa shape index (κ2) is 13.9. The molecule has 2 nitrogen and oxygen atoms in total. The van der Waals surface area contributed by atoms with Gasteiger partial charge in [-0.1, -0.05) is 82.4 Å². The molecule has 2 aromatic carbocycles. The normalized spacial score (nSPS) is 11.1. The minimum atomic E-state index is 0.387. The summed E-state index contributed by atoms with van der Waals surface area (Å²) in [6, 6.07) is 16.7. The molecule has 2 rings (SSSR count). The number of hydrogen-bond acceptors (Lipinski definition) is 2. The van der Waals surface area contributed by atoms with Crippen molar-refractivity contribution in [2.45, 2.75) is 59.8 Å². The minimum absolute atomic E-state index is 0.387. The molecule has 0 amide bonds. The standard InChI is InChI=1S/C24H31NOS.C2H6/c1-5-11-21(15-10-14-20-13-7-6-12-18(20)2)24(27)25-23-17-9-8-16-22(23)19(3)26-4;1-2/h6-9,12-13,16-17,21H,3,5,10-11,14-15H2,1-2,4H3,(H,25,27);1-2H3. The summed E-state index contributed by atoms with van der Waals surface area (Å²) in [5, 5.41) is 3.46. The van der Waals surface area contributed by atoms with E-state index in [2.05, 4.69) is 50.0 Å². The number of methoxy groups -OCH3 is 1. The minimum Gasteiger partial charge on any atom is -0.497 e. The fourth-order valence-corrected chi connectivity index (χ4v) is 3.71. The van der Waals surface area contributed by atoms with Gasteiger partial charge in [-0.3, -0.25) is 0 Å². The fraction of sp³-hybridized carbons (Fsp3) is 0.423. The molecule has 1 atom stereocenters. The Bertz CT molecular complexity index is 769. The summed E-state index contributed by atoms with van der Waals surface area (Å²) in [6.07, 6.45) is 5.58. The van der Waals surface area contributed by atoms with Crippen molar-refractivity contribution in [3.63, 3.8) is 0 Å². The van der Waals surface area contributed by atoms with E-state index in [9.17, 15) is 0 Å². The molecular formula is C26H37NOS. The van der Waals surface area contributed by atoms with Crippen LogP contribution in [0.5, 0.6) is 0 Å². The molecule has 0 radical (unpaired) electrons. The van der Waals surface area contributed by atoms with Gasteiger partial charge in [0.2, 0.25) is 0 Å². The van der Waals surface area contributed by atoms with Gasteiger partial charge in [0, 0.05) is 17.2 Å². The predicted octanol–water partition coefficient (Wildman–Crippen LogP) is 7.82. The quantitative estimate of drug-likeness (QED) is 0.318. The Hall–Kier alpha value is -2.13. The zero-order chi connectivity index (χ0) is 21.6. The summed E-state index contributed by atoms with van der Waals surface area (Å²) in [7, 11) is 1.64. The van der Waals surface area contributed by atoms with Crippen molar-refractivity contribution in [2.24, 2.45) is 5.92 Å². The lowest BCUT2D eigenvalue weighted by atomic mass is 9.94. The molecule has 0 bridgehead atoms. The lowest BCUT2D eigenvalue weighted by Gasteiger charge is -2.21. The smallest absolute Gasteiger partial charge is 0.121 e. The zero-order valence-electron chi connectivity index (χ0n) is 18.8. The maximum absolute atomic E-state index is 5.78. The first-order valence-electron chi connectivity index (χ1n) is 10.7. The van der Waals surface area contributed by atoms with Gasteiger partial charge in [0.05, 0.1) is 12.1 Å². The number of thiocarbonyl (C=S) groups is 1. The average molecular weight is 412 g/mol. The summed E-state index contributed by atoms with van der Waals surface area (Å²) in [5.74, 6) is 1.03. The third-order valence-electron chi connectivity index (χ3n) is 5.00. The summed E-state index contributed by atoms with van der Waals surface area (Å²) < 4.78 is 5.31. The van der Waals surface area contributed by atoms with Gasteiger partial charge in [-0.25, -0.2) is 0 Å². The number of ether oxygens (including phenoxy) is 1. The van der Waals surface area contributed by atoms with Crippen LogP contribution in [0.3, 0.4) is 0 Å². The van der Waals surface area contributed by atoms with Gasteiger partial charge in [0.15, 0.2) is 0 Å². The van der Waals surface area contributed by atoms with Crippen molar-refractivity contribution in [1.29, 1.82) is 0 Å². The van der Waals surface area contributed by atoms with Crippen LogP contribution in [0.25, 0.3) is 5.76 Å². The number of anilines is 1. The van der Waals surface area contributed by atoms with Crippen molar-refractivity contribution in [1.82, 2.24) is 0 Å². The topological polar surface area (TPSA) is 21.3 Å². The van der Waals surface area contributed by atoms with E-state index in [0.717, 1.165) is 48.3 Å². The molecule has 0 aromatic heterocycles. The maximum Gasteiger partial charge on any atom is 0.121 e. The largest absolute Gasteiger partial charge is 0.497 e. The highest BCUT2D eigenvalue weighted by atomic mass is 32.1. The Morgan fingerprint density at radius 1 is 1.07 bits per heavy atom. The number of aryl methyl sites for hydroxylation is 2. The molecule has 0 saturated heterocycles. The molecule has 3 heteroatoms. The van der Waals surface area contributed by atoms with Crippen molar-refractivity contribution < 1.29 is 4.74 Å². The van der Waals surface area contributed by atoms with E-state index >= 15 is 0 Å². The van der Waals surface area contributed by atoms with Crippen LogP contribution < -0.4 is 5.32 Å². The van der Waals surface area contributed by atoms with E-state index in [1.807, 2.05) is 38.1 Å². The van der Waals surface area contributed by atoms with Crippen LogP contribution in [-0.2, 0) is 11.2 Å². The second-order valence-corrected chi connectivity index (χ2v) is 7.41. The van der Waals surface area contributed by atoms with Crippen molar-refractivity contribution in [3.05, 3.63) is 71.8 Å². The van der Waals surface area contributed by atoms with Crippen LogP contribution in [0.4, 0.5) is 5.69 Å². The molecule has 0 saturated carbocycles. The summed E-state index contributed by atoms with van der Waals surface area (Å²) in [6.45, 7) is 12.4. The lowest BCUT2D eigenvalue weighted by Crippen LogP contribution is -2.21. The van der Waals surface area contributed by atoms with Gasteiger partial charge in [0.25, 0.3) is 0 Å². The zero-order valence-corrected chi connectivity index (χ0v) is 19.6. The van der Waals surface area contributed by atoms with Gasteiger partial charge in [0.1, 0.15) is 5.76 Å². The number of hydrogen-bond donors (Lipinski definition) is 1. The lowest BCUT2D eigenvalue weighted by molar-refractivity contribution is 0.371. The van der Waals surface area contributed by atoms with Crippen LogP contribution in [0, 0.1) is 12.8 Å². The Balaban J connectivity index is 0.00000204. The average Bonchev–Trinajstić information content (AvgIpc) is 2.75. The molecule has 1 N–H and O–H groups in total. The first kappa shape index (κ1) is 24.9. The summed E-state index contributed by atoms with van der Waals surface area (Å²) >= 11 is 5.78. The number of rotatable bonds is 10. The van der Waals surface area contributed by atoms with Crippen LogP contribution >= 0.6 is 12.2 Å². The first-order chi connectivity index (χ1) is 14.1. The highest BCUT2D eigenvalue weighted by Crippen LogP contribution is 2.26. The first-order valence-corrected chi connectivity index (χ1v) is 11.1. The van der Waals surface area contributed by atoms with E-state index in [-0.39, 0.29) is 0 Å². The van der Waals surface area contributed by atoms with Gasteiger partial charge in [-0.2, -0.15) is 0 Å². The molecule has 0 heterocycles. The summed E-state index contributed by atoms with van der Waals surface area (Å²) in [5.41, 5.74) is 4.73. The van der Waals surface area contributed by atoms with E-state index in [1.54, 1.807) is 7.11 Å². The third-order valence-corrected chi connectivity index (χ3v) is 5.44. The highest BCUT2D eigenvalue weighted by molar-refractivity contribution is 7.80. The van der Waals surface area contributed by atoms with Crippen LogP contribution in [0.2, 0.25) is 0 Å². The Morgan fingerprint density at radius 3 is 2.38 bits per heavy atom. The molecule has 0 spiro atoms. The fourth-order valence-electron chi connectivity index (χ4n) is 3.36. The van der Waals surface area contributed by atoms with Crippen LogP contribution in [0.1, 0.15) is 63.1 Å². The molecule has 29 heavy (non-hydrogen) atoms. The summed E-state index contributed by atoms with van der Waals surface area (Å²) in [4.78, 5) is 0.915. The predicted molar refractivity (Wildman–Crippen MR) is 133 cm³/mol. The van der Waals surface area contributed by atoms with Gasteiger partial charge in [-0.15, -0.1) is 0 Å². The SMILES string of the molecule is C=C(OC)c1ccccc1NC(=S)C(CCC)CCCc1ccccc1C.CC. The third kappa shape index (κ3) is 8.02. The monoisotopic (exact) mass is 411 g/mol. The van der Waals surface area contributed by atoms with Gasteiger partial charge in [-0.05, 0) is 55.9 Å². The van der Waals surface area contributed by atoms with Crippen molar-refractivity contribution in [2.75, 3.05) is 12.4 Å². The molecule has 2 aromatic rings. The number of nitrogens with one attached hydrogen (secondary N) is 1. The van der Waals surface area contributed by atoms with Crippen LogP contribution in [0.15, 0.2) is 55.1 Å². The molecule has 0 aliphatic rings. The molecule has 158 valence electrons. The Morgan fingerprint density at radius 2 is 1.72 bits per heavy atom. The van der Waals surface area contributed by atoms with E-state index in [0.29, 0.717) is 11.7 Å². The van der Waals surface area contributed by atoms with Crippen LogP contribution in [-0.4, -0.2) is 12.1 Å². The molecule has 0 fully saturated rings. The Kier molecular flexibility index (Phi) is 12.0. The highest BCUT2D eigenvalue weighted by Gasteiger charge is 2.16. The number of para-hydroxylation sites is 1. The van der Waals surface area contributed by atoms with Crippen molar-refractivity contribution >= 4 is 28.7 Å². The maximum atomic E-state index is 5.78. The van der Waals surface area contributed by atoms with Gasteiger partial charge >= 0.3 is 0 Å². The molecular weight excluding hydrogens is 374 g/mol. The molecule has 1 unspecified atom stereocenters. The van der Waals surface area contributed by atoms with E-state index in [4.69, 9.17) is 17.0 Å². The molecule has 0 aliphatic heterocycles. The Labute approximate surface area is 183 Å². The second-order valence-electron chi connectivity index (χ2n) is 6.97.